The number of benzene rings is 1. The van der Waals surface area contributed by atoms with Gasteiger partial charge in [-0.3, -0.25) is 0 Å². The van der Waals surface area contributed by atoms with Crippen LogP contribution in [0.2, 0.25) is 0 Å². The molecule has 3 rings (SSSR count). The van der Waals surface area contributed by atoms with Crippen molar-refractivity contribution in [3.63, 3.8) is 0 Å². The van der Waals surface area contributed by atoms with Crippen LogP contribution in [0.3, 0.4) is 0 Å². The predicted octanol–water partition coefficient (Wildman–Crippen LogP) is 3.80. The highest BCUT2D eigenvalue weighted by Gasteiger charge is 2.34. The third-order valence-corrected chi connectivity index (χ3v) is 2.87. The molecule has 5 nitrogen and oxygen atoms in total. The summed E-state index contributed by atoms with van der Waals surface area (Å²) >= 11 is 0. The van der Waals surface area contributed by atoms with Crippen molar-refractivity contribution in [2.24, 2.45) is 0 Å². The van der Waals surface area contributed by atoms with Gasteiger partial charge in [-0.2, -0.15) is 13.2 Å². The van der Waals surface area contributed by atoms with Crippen LogP contribution in [0, 0.1) is 0 Å². The van der Waals surface area contributed by atoms with Gasteiger partial charge >= 0.3 is 12.1 Å². The summed E-state index contributed by atoms with van der Waals surface area (Å²) in [6.07, 6.45) is -3.62. The van der Waals surface area contributed by atoms with E-state index in [0.717, 1.165) is 12.3 Å². The highest BCUT2D eigenvalue weighted by atomic mass is 19.4. The number of nitrogens with zero attached hydrogens (tertiary/aromatic N) is 1. The number of alkyl halides is 3. The van der Waals surface area contributed by atoms with Gasteiger partial charge in [-0.05, 0) is 12.1 Å². The van der Waals surface area contributed by atoms with Crippen LogP contribution in [-0.2, 0) is 6.18 Å². The molecule has 0 atom stereocenters. The van der Waals surface area contributed by atoms with E-state index in [1.54, 1.807) is 0 Å². The Morgan fingerprint density at radius 2 is 2.05 bits per heavy atom. The van der Waals surface area contributed by atoms with E-state index in [2.05, 4.69) is 5.16 Å². The van der Waals surface area contributed by atoms with Gasteiger partial charge in [0.25, 0.3) is 0 Å². The van der Waals surface area contributed by atoms with Crippen molar-refractivity contribution in [2.75, 3.05) is 0 Å². The van der Waals surface area contributed by atoms with Crippen LogP contribution in [0.15, 0.2) is 39.4 Å². The fourth-order valence-electron chi connectivity index (χ4n) is 1.97. The number of aromatic carboxylic acids is 1. The third kappa shape index (κ3) is 2.14. The van der Waals surface area contributed by atoms with Gasteiger partial charge < -0.3 is 14.0 Å². The molecule has 0 aliphatic carbocycles. The monoisotopic (exact) mass is 297 g/mol. The Bertz CT molecular complexity index is 831. The van der Waals surface area contributed by atoms with Crippen molar-refractivity contribution in [3.8, 4) is 11.5 Å². The van der Waals surface area contributed by atoms with Gasteiger partial charge in [0.1, 0.15) is 11.1 Å². The van der Waals surface area contributed by atoms with Gasteiger partial charge in [-0.1, -0.05) is 17.3 Å². The second-order valence-electron chi connectivity index (χ2n) is 4.21. The van der Waals surface area contributed by atoms with E-state index in [-0.39, 0.29) is 28.1 Å². The number of carbonyl (C=O) groups is 1. The summed E-state index contributed by atoms with van der Waals surface area (Å²) in [6.45, 7) is 0. The van der Waals surface area contributed by atoms with E-state index in [1.807, 2.05) is 0 Å². The first-order chi connectivity index (χ1) is 9.88. The zero-order valence-electron chi connectivity index (χ0n) is 10.1. The molecule has 0 spiro atoms. The molecule has 0 saturated heterocycles. The Labute approximate surface area is 114 Å². The van der Waals surface area contributed by atoms with Crippen LogP contribution in [0.1, 0.15) is 15.9 Å². The summed E-state index contributed by atoms with van der Waals surface area (Å²) in [5, 5.41) is 12.5. The number of hydrogen-bond donors (Lipinski definition) is 1. The van der Waals surface area contributed by atoms with E-state index in [1.165, 1.54) is 18.2 Å². The maximum Gasteiger partial charge on any atom is 0.420 e. The average Bonchev–Trinajstić information content (AvgIpc) is 3.02. The lowest BCUT2D eigenvalue weighted by atomic mass is 10.1. The summed E-state index contributed by atoms with van der Waals surface area (Å²) in [5.74, 6) is -1.67. The van der Waals surface area contributed by atoms with Crippen LogP contribution in [0.5, 0.6) is 0 Å². The first-order valence-corrected chi connectivity index (χ1v) is 5.66. The van der Waals surface area contributed by atoms with Crippen molar-refractivity contribution in [3.05, 3.63) is 41.6 Å². The number of hydrogen-bond acceptors (Lipinski definition) is 4. The smallest absolute Gasteiger partial charge is 0.420 e. The largest absolute Gasteiger partial charge is 0.477 e. The second kappa shape index (κ2) is 4.37. The lowest BCUT2D eigenvalue weighted by Gasteiger charge is -2.05. The lowest BCUT2D eigenvalue weighted by Crippen LogP contribution is -2.04. The molecule has 2 aromatic heterocycles. The number of rotatable bonds is 2. The first kappa shape index (κ1) is 13.2. The van der Waals surface area contributed by atoms with Crippen molar-refractivity contribution >= 4 is 16.9 Å². The van der Waals surface area contributed by atoms with E-state index in [9.17, 15) is 18.0 Å². The third-order valence-electron chi connectivity index (χ3n) is 2.87. The molecule has 0 amide bonds. The Hall–Kier alpha value is -2.77. The number of fused-ring (bicyclic) bond motifs is 1. The molecule has 108 valence electrons. The van der Waals surface area contributed by atoms with Crippen LogP contribution in [0.25, 0.3) is 22.5 Å². The fraction of sp³-hybridized carbons (Fsp3) is 0.0769. The van der Waals surface area contributed by atoms with Gasteiger partial charge in [0.2, 0.25) is 5.76 Å². The number of carboxylic acids is 1. The Morgan fingerprint density at radius 3 is 2.71 bits per heavy atom. The SMILES string of the molecule is O=C(O)c1cnoc1-c1cc2cccc(C(F)(F)F)c2o1. The number of para-hydroxylation sites is 1. The topological polar surface area (TPSA) is 76.5 Å². The summed E-state index contributed by atoms with van der Waals surface area (Å²) in [7, 11) is 0. The van der Waals surface area contributed by atoms with Gasteiger partial charge in [0.05, 0.1) is 11.8 Å². The number of halogens is 3. The molecule has 0 bridgehead atoms. The predicted molar refractivity (Wildman–Crippen MR) is 63.7 cm³/mol. The molecule has 1 aromatic carbocycles. The van der Waals surface area contributed by atoms with E-state index < -0.39 is 17.7 Å². The molecular formula is C13H6F3NO4. The Kier molecular flexibility index (Phi) is 2.75. The molecule has 2 heterocycles. The first-order valence-electron chi connectivity index (χ1n) is 5.66. The molecule has 21 heavy (non-hydrogen) atoms. The maximum atomic E-state index is 12.9. The van der Waals surface area contributed by atoms with Crippen molar-refractivity contribution in [1.29, 1.82) is 0 Å². The quantitative estimate of drug-likeness (QED) is 0.778. The number of furan rings is 1. The van der Waals surface area contributed by atoms with E-state index in [4.69, 9.17) is 14.0 Å². The molecule has 0 saturated carbocycles. The summed E-state index contributed by atoms with van der Waals surface area (Å²) in [5.41, 5.74) is -1.61. The minimum Gasteiger partial charge on any atom is -0.477 e. The second-order valence-corrected chi connectivity index (χ2v) is 4.21. The molecule has 1 N–H and O–H groups in total. The van der Waals surface area contributed by atoms with Crippen LogP contribution >= 0.6 is 0 Å². The molecule has 0 unspecified atom stereocenters. The summed E-state index contributed by atoms with van der Waals surface area (Å²) < 4.78 is 48.6. The summed E-state index contributed by atoms with van der Waals surface area (Å²) in [6, 6.07) is 4.82. The molecule has 0 aliphatic rings. The van der Waals surface area contributed by atoms with Crippen molar-refractivity contribution < 1.29 is 32.0 Å². The average molecular weight is 297 g/mol. The highest BCUT2D eigenvalue weighted by Crippen LogP contribution is 2.38. The van der Waals surface area contributed by atoms with Crippen molar-refractivity contribution in [2.45, 2.75) is 6.18 Å². The Morgan fingerprint density at radius 1 is 1.29 bits per heavy atom. The zero-order valence-corrected chi connectivity index (χ0v) is 10.1. The van der Waals surface area contributed by atoms with Gasteiger partial charge in [-0.25, -0.2) is 4.79 Å². The molecule has 3 aromatic rings. The molecule has 8 heteroatoms. The van der Waals surface area contributed by atoms with Gasteiger partial charge in [0.15, 0.2) is 5.76 Å². The normalized spacial score (nSPS) is 12.0. The van der Waals surface area contributed by atoms with E-state index >= 15 is 0 Å². The van der Waals surface area contributed by atoms with Gasteiger partial charge in [-0.15, -0.1) is 0 Å². The zero-order chi connectivity index (χ0) is 15.2. The number of aromatic nitrogens is 1. The molecule has 0 aliphatic heterocycles. The van der Waals surface area contributed by atoms with Crippen molar-refractivity contribution in [1.82, 2.24) is 5.16 Å². The lowest BCUT2D eigenvalue weighted by molar-refractivity contribution is -0.136. The Balaban J connectivity index is 2.23. The van der Waals surface area contributed by atoms with Crippen LogP contribution in [-0.4, -0.2) is 16.2 Å². The standard InChI is InChI=1S/C13H6F3NO4/c14-13(15,16)8-3-1-2-6-4-9(20-10(6)8)11-7(12(18)19)5-17-21-11/h1-5H,(H,18,19). The molecule has 0 radical (unpaired) electrons. The minimum atomic E-state index is -4.58. The van der Waals surface area contributed by atoms with Crippen LogP contribution in [0.4, 0.5) is 13.2 Å². The van der Waals surface area contributed by atoms with Crippen LogP contribution < -0.4 is 0 Å². The molecule has 0 fully saturated rings. The highest BCUT2D eigenvalue weighted by molar-refractivity contribution is 5.95. The molecular weight excluding hydrogens is 291 g/mol. The number of carboxylic acid groups (broad SMARTS) is 1. The van der Waals surface area contributed by atoms with E-state index in [0.29, 0.717) is 0 Å². The summed E-state index contributed by atoms with van der Waals surface area (Å²) in [4.78, 5) is 11.0. The maximum absolute atomic E-state index is 12.9. The fourth-order valence-corrected chi connectivity index (χ4v) is 1.97. The minimum absolute atomic E-state index is 0.128. The van der Waals surface area contributed by atoms with Gasteiger partial charge in [0, 0.05) is 5.39 Å².